The van der Waals surface area contributed by atoms with Gasteiger partial charge < -0.3 is 10.6 Å². The Kier molecular flexibility index (Phi) is 7.00. The zero-order valence-electron chi connectivity index (χ0n) is 12.6. The fourth-order valence-corrected chi connectivity index (χ4v) is 1.74. The Morgan fingerprint density at radius 2 is 2.26 bits per heavy atom. The van der Waals surface area contributed by atoms with E-state index in [1.165, 1.54) is 5.56 Å². The molecule has 108 valence electrons. The SMILES string of the molecule is CCNC(=NCCCc1cn[nH]c1C)NC(C)CC. The first-order chi connectivity index (χ1) is 9.17. The van der Waals surface area contributed by atoms with Crippen LogP contribution >= 0.6 is 0 Å². The topological polar surface area (TPSA) is 65.1 Å². The highest BCUT2D eigenvalue weighted by atomic mass is 15.2. The van der Waals surface area contributed by atoms with Crippen LogP contribution in [-0.2, 0) is 6.42 Å². The van der Waals surface area contributed by atoms with Crippen LogP contribution in [0.3, 0.4) is 0 Å². The van der Waals surface area contributed by atoms with E-state index in [-0.39, 0.29) is 0 Å². The van der Waals surface area contributed by atoms with Gasteiger partial charge in [0.25, 0.3) is 0 Å². The zero-order valence-corrected chi connectivity index (χ0v) is 12.6. The molecule has 1 atom stereocenters. The summed E-state index contributed by atoms with van der Waals surface area (Å²) in [6.07, 6.45) is 5.06. The van der Waals surface area contributed by atoms with Crippen LogP contribution in [0, 0.1) is 6.92 Å². The number of nitrogens with zero attached hydrogens (tertiary/aromatic N) is 2. The molecule has 0 aromatic carbocycles. The van der Waals surface area contributed by atoms with Crippen molar-refractivity contribution in [2.45, 2.75) is 53.0 Å². The van der Waals surface area contributed by atoms with Crippen molar-refractivity contribution < 1.29 is 0 Å². The molecular weight excluding hydrogens is 238 g/mol. The first kappa shape index (κ1) is 15.5. The normalized spacial score (nSPS) is 13.4. The molecule has 0 saturated carbocycles. The average molecular weight is 265 g/mol. The summed E-state index contributed by atoms with van der Waals surface area (Å²) in [5.41, 5.74) is 2.45. The van der Waals surface area contributed by atoms with Gasteiger partial charge in [0.2, 0.25) is 0 Å². The molecular formula is C14H27N5. The number of guanidine groups is 1. The first-order valence-corrected chi connectivity index (χ1v) is 7.21. The molecule has 1 heterocycles. The third-order valence-electron chi connectivity index (χ3n) is 3.15. The predicted octanol–water partition coefficient (Wildman–Crippen LogP) is 2.00. The largest absolute Gasteiger partial charge is 0.357 e. The van der Waals surface area contributed by atoms with E-state index in [1.54, 1.807) is 0 Å². The second-order valence-electron chi connectivity index (χ2n) is 4.84. The van der Waals surface area contributed by atoms with Gasteiger partial charge >= 0.3 is 0 Å². The van der Waals surface area contributed by atoms with E-state index >= 15 is 0 Å². The molecule has 0 aliphatic heterocycles. The number of aryl methyl sites for hydroxylation is 2. The van der Waals surface area contributed by atoms with E-state index in [1.807, 2.05) is 6.20 Å². The van der Waals surface area contributed by atoms with Crippen molar-refractivity contribution in [3.63, 3.8) is 0 Å². The number of H-pyrrole nitrogens is 1. The molecule has 0 spiro atoms. The lowest BCUT2D eigenvalue weighted by molar-refractivity contribution is 0.623. The van der Waals surface area contributed by atoms with Gasteiger partial charge in [-0.15, -0.1) is 0 Å². The standard InChI is InChI=1S/C14H27N5/c1-5-11(3)18-14(15-6-2)16-9-7-8-13-10-17-19-12(13)4/h10-11H,5-9H2,1-4H3,(H,17,19)(H2,15,16,18). The van der Waals surface area contributed by atoms with E-state index < -0.39 is 0 Å². The summed E-state index contributed by atoms with van der Waals surface area (Å²) < 4.78 is 0. The molecule has 0 amide bonds. The summed E-state index contributed by atoms with van der Waals surface area (Å²) in [7, 11) is 0. The van der Waals surface area contributed by atoms with Crippen molar-refractivity contribution in [1.29, 1.82) is 0 Å². The second-order valence-corrected chi connectivity index (χ2v) is 4.84. The summed E-state index contributed by atoms with van der Waals surface area (Å²) in [5.74, 6) is 0.917. The van der Waals surface area contributed by atoms with E-state index in [4.69, 9.17) is 0 Å². The van der Waals surface area contributed by atoms with Gasteiger partial charge in [-0.05, 0) is 45.6 Å². The third-order valence-corrected chi connectivity index (χ3v) is 3.15. The number of rotatable bonds is 7. The minimum absolute atomic E-state index is 0.453. The highest BCUT2D eigenvalue weighted by Crippen LogP contribution is 2.05. The van der Waals surface area contributed by atoms with Crippen LogP contribution in [0.1, 0.15) is 44.9 Å². The van der Waals surface area contributed by atoms with Crippen LogP contribution in [0.15, 0.2) is 11.2 Å². The highest BCUT2D eigenvalue weighted by Gasteiger charge is 2.03. The van der Waals surface area contributed by atoms with Crippen molar-refractivity contribution >= 4 is 5.96 Å². The minimum Gasteiger partial charge on any atom is -0.357 e. The fourth-order valence-electron chi connectivity index (χ4n) is 1.74. The Morgan fingerprint density at radius 3 is 2.84 bits per heavy atom. The van der Waals surface area contributed by atoms with E-state index in [2.05, 4.69) is 53.5 Å². The summed E-state index contributed by atoms with van der Waals surface area (Å²) in [6, 6.07) is 0.453. The Bertz CT molecular complexity index is 383. The van der Waals surface area contributed by atoms with Crippen LogP contribution in [0.2, 0.25) is 0 Å². The Hall–Kier alpha value is -1.52. The molecule has 0 aliphatic rings. The number of aromatic amines is 1. The predicted molar refractivity (Wildman–Crippen MR) is 80.5 cm³/mol. The van der Waals surface area contributed by atoms with Gasteiger partial charge in [0, 0.05) is 24.8 Å². The summed E-state index contributed by atoms with van der Waals surface area (Å²) in [6.45, 7) is 10.2. The number of aliphatic imine (C=N–C) groups is 1. The molecule has 5 heteroatoms. The Morgan fingerprint density at radius 1 is 1.47 bits per heavy atom. The quantitative estimate of drug-likeness (QED) is 0.401. The molecule has 1 aromatic rings. The fraction of sp³-hybridized carbons (Fsp3) is 0.714. The lowest BCUT2D eigenvalue weighted by Gasteiger charge is -2.16. The summed E-state index contributed by atoms with van der Waals surface area (Å²) in [5, 5.41) is 13.7. The molecule has 0 saturated heterocycles. The molecule has 1 aromatic heterocycles. The van der Waals surface area contributed by atoms with Crippen molar-refractivity contribution in [3.05, 3.63) is 17.5 Å². The van der Waals surface area contributed by atoms with Gasteiger partial charge in [-0.25, -0.2) is 0 Å². The first-order valence-electron chi connectivity index (χ1n) is 7.21. The zero-order chi connectivity index (χ0) is 14.1. The number of hydrogen-bond donors (Lipinski definition) is 3. The van der Waals surface area contributed by atoms with E-state index in [9.17, 15) is 0 Å². The molecule has 1 rings (SSSR count). The molecule has 0 aliphatic carbocycles. The Balaban J connectivity index is 2.36. The van der Waals surface area contributed by atoms with Crippen LogP contribution < -0.4 is 10.6 Å². The lowest BCUT2D eigenvalue weighted by Crippen LogP contribution is -2.42. The number of hydrogen-bond acceptors (Lipinski definition) is 2. The van der Waals surface area contributed by atoms with E-state index in [0.717, 1.165) is 44.0 Å². The van der Waals surface area contributed by atoms with Crippen molar-refractivity contribution in [2.24, 2.45) is 4.99 Å². The molecule has 5 nitrogen and oxygen atoms in total. The van der Waals surface area contributed by atoms with Crippen LogP contribution in [0.4, 0.5) is 0 Å². The summed E-state index contributed by atoms with van der Waals surface area (Å²) in [4.78, 5) is 4.59. The molecule has 3 N–H and O–H groups in total. The maximum absolute atomic E-state index is 4.59. The molecule has 0 fully saturated rings. The maximum atomic E-state index is 4.59. The molecule has 0 radical (unpaired) electrons. The van der Waals surface area contributed by atoms with Gasteiger partial charge in [-0.3, -0.25) is 10.1 Å². The monoisotopic (exact) mass is 265 g/mol. The maximum Gasteiger partial charge on any atom is 0.191 e. The van der Waals surface area contributed by atoms with Crippen molar-refractivity contribution in [2.75, 3.05) is 13.1 Å². The number of aromatic nitrogens is 2. The van der Waals surface area contributed by atoms with Gasteiger partial charge in [0.05, 0.1) is 6.20 Å². The Labute approximate surface area is 116 Å². The lowest BCUT2D eigenvalue weighted by atomic mass is 10.1. The van der Waals surface area contributed by atoms with Crippen molar-refractivity contribution in [3.8, 4) is 0 Å². The van der Waals surface area contributed by atoms with Gasteiger partial charge in [-0.1, -0.05) is 6.92 Å². The van der Waals surface area contributed by atoms with Gasteiger partial charge in [0.1, 0.15) is 0 Å². The molecule has 19 heavy (non-hydrogen) atoms. The van der Waals surface area contributed by atoms with Crippen LogP contribution in [0.25, 0.3) is 0 Å². The van der Waals surface area contributed by atoms with Crippen LogP contribution in [0.5, 0.6) is 0 Å². The highest BCUT2D eigenvalue weighted by molar-refractivity contribution is 5.79. The van der Waals surface area contributed by atoms with Crippen LogP contribution in [-0.4, -0.2) is 35.3 Å². The molecule has 1 unspecified atom stereocenters. The second kappa shape index (κ2) is 8.56. The number of nitrogens with one attached hydrogen (secondary N) is 3. The summed E-state index contributed by atoms with van der Waals surface area (Å²) >= 11 is 0. The minimum atomic E-state index is 0.453. The van der Waals surface area contributed by atoms with Gasteiger partial charge in [-0.2, -0.15) is 5.10 Å². The third kappa shape index (κ3) is 5.77. The van der Waals surface area contributed by atoms with Crippen molar-refractivity contribution in [1.82, 2.24) is 20.8 Å². The van der Waals surface area contributed by atoms with E-state index in [0.29, 0.717) is 6.04 Å². The average Bonchev–Trinajstić information content (AvgIpc) is 2.80. The molecule has 0 bridgehead atoms. The smallest absolute Gasteiger partial charge is 0.191 e. The van der Waals surface area contributed by atoms with Gasteiger partial charge in [0.15, 0.2) is 5.96 Å².